The molecule has 2 saturated heterocycles. The van der Waals surface area contributed by atoms with E-state index in [1.54, 1.807) is 18.2 Å². The normalized spacial score (nSPS) is 20.9. The lowest BCUT2D eigenvalue weighted by Gasteiger charge is -2.44. The SMILES string of the molecule is Cl.O=C(c1ccccc1F)N1CCC2(CCNCC2)CC1. The third-order valence-corrected chi connectivity index (χ3v) is 4.88. The van der Waals surface area contributed by atoms with Gasteiger partial charge in [-0.2, -0.15) is 0 Å². The number of benzene rings is 1. The van der Waals surface area contributed by atoms with Gasteiger partial charge in [-0.05, 0) is 56.3 Å². The van der Waals surface area contributed by atoms with E-state index in [0.29, 0.717) is 5.41 Å². The monoisotopic (exact) mass is 312 g/mol. The van der Waals surface area contributed by atoms with Crippen LogP contribution in [-0.2, 0) is 0 Å². The fourth-order valence-electron chi connectivity index (χ4n) is 3.45. The van der Waals surface area contributed by atoms with Crippen molar-refractivity contribution >= 4 is 18.3 Å². The molecule has 0 aromatic heterocycles. The van der Waals surface area contributed by atoms with Crippen molar-refractivity contribution in [1.82, 2.24) is 10.2 Å². The van der Waals surface area contributed by atoms with E-state index in [1.807, 2.05) is 4.90 Å². The zero-order valence-electron chi connectivity index (χ0n) is 12.1. The number of amides is 1. The summed E-state index contributed by atoms with van der Waals surface area (Å²) in [6.45, 7) is 3.68. The molecule has 0 atom stereocenters. The van der Waals surface area contributed by atoms with Gasteiger partial charge in [-0.25, -0.2) is 4.39 Å². The van der Waals surface area contributed by atoms with E-state index >= 15 is 0 Å². The van der Waals surface area contributed by atoms with Crippen LogP contribution in [-0.4, -0.2) is 37.0 Å². The standard InChI is InChI=1S/C16H21FN2O.ClH/c17-14-4-2-1-3-13(14)15(20)19-11-7-16(8-12-19)5-9-18-10-6-16;/h1-4,18H,5-12H2;1H. The molecular weight excluding hydrogens is 291 g/mol. The van der Waals surface area contributed by atoms with Crippen LogP contribution in [0.2, 0.25) is 0 Å². The maximum absolute atomic E-state index is 13.7. The van der Waals surface area contributed by atoms with Crippen LogP contribution >= 0.6 is 12.4 Å². The minimum Gasteiger partial charge on any atom is -0.339 e. The van der Waals surface area contributed by atoms with E-state index in [1.165, 1.54) is 18.9 Å². The van der Waals surface area contributed by atoms with Gasteiger partial charge in [-0.3, -0.25) is 4.79 Å². The smallest absolute Gasteiger partial charge is 0.256 e. The van der Waals surface area contributed by atoms with Gasteiger partial charge in [0.1, 0.15) is 5.82 Å². The first kappa shape index (κ1) is 16.2. The molecule has 0 unspecified atom stereocenters. The van der Waals surface area contributed by atoms with Gasteiger partial charge in [0.15, 0.2) is 0 Å². The molecule has 0 aliphatic carbocycles. The molecule has 2 fully saturated rings. The molecule has 1 N–H and O–H groups in total. The van der Waals surface area contributed by atoms with Crippen molar-refractivity contribution < 1.29 is 9.18 Å². The van der Waals surface area contributed by atoms with Gasteiger partial charge in [-0.1, -0.05) is 12.1 Å². The molecule has 0 radical (unpaired) electrons. The molecule has 2 aliphatic heterocycles. The lowest BCUT2D eigenvalue weighted by molar-refractivity contribution is 0.0492. The Morgan fingerprint density at radius 1 is 1.10 bits per heavy atom. The lowest BCUT2D eigenvalue weighted by Crippen LogP contribution is -2.47. The molecule has 3 nitrogen and oxygen atoms in total. The van der Waals surface area contributed by atoms with Crippen LogP contribution < -0.4 is 5.32 Å². The van der Waals surface area contributed by atoms with E-state index in [-0.39, 0.29) is 23.9 Å². The number of likely N-dealkylation sites (tertiary alicyclic amines) is 1. The predicted octanol–water partition coefficient (Wildman–Crippen LogP) is 2.85. The van der Waals surface area contributed by atoms with Gasteiger partial charge in [0.05, 0.1) is 5.56 Å². The topological polar surface area (TPSA) is 32.3 Å². The maximum atomic E-state index is 13.7. The number of halogens is 2. The van der Waals surface area contributed by atoms with Crippen molar-refractivity contribution in [1.29, 1.82) is 0 Å². The molecule has 21 heavy (non-hydrogen) atoms. The highest BCUT2D eigenvalue weighted by Crippen LogP contribution is 2.39. The first-order valence-corrected chi connectivity index (χ1v) is 7.45. The summed E-state index contributed by atoms with van der Waals surface area (Å²) in [4.78, 5) is 14.2. The Hall–Kier alpha value is -1.13. The highest BCUT2D eigenvalue weighted by molar-refractivity contribution is 5.94. The molecular formula is C16H22ClFN2O. The fraction of sp³-hybridized carbons (Fsp3) is 0.562. The third kappa shape index (κ3) is 3.38. The molecule has 1 aromatic rings. The Balaban J connectivity index is 0.00000161. The minimum atomic E-state index is -0.417. The average molecular weight is 313 g/mol. The number of nitrogens with zero attached hydrogens (tertiary/aromatic N) is 1. The summed E-state index contributed by atoms with van der Waals surface area (Å²) in [6, 6.07) is 6.26. The second-order valence-corrected chi connectivity index (χ2v) is 6.02. The second-order valence-electron chi connectivity index (χ2n) is 6.02. The summed E-state index contributed by atoms with van der Waals surface area (Å²) in [6.07, 6.45) is 4.51. The third-order valence-electron chi connectivity index (χ3n) is 4.88. The summed E-state index contributed by atoms with van der Waals surface area (Å²) in [5, 5.41) is 3.39. The summed E-state index contributed by atoms with van der Waals surface area (Å²) in [5.74, 6) is -0.577. The first-order valence-electron chi connectivity index (χ1n) is 7.45. The van der Waals surface area contributed by atoms with E-state index in [2.05, 4.69) is 5.32 Å². The summed E-state index contributed by atoms with van der Waals surface area (Å²) in [7, 11) is 0. The molecule has 5 heteroatoms. The number of rotatable bonds is 1. The summed E-state index contributed by atoms with van der Waals surface area (Å²) >= 11 is 0. The van der Waals surface area contributed by atoms with Gasteiger partial charge in [-0.15, -0.1) is 12.4 Å². The van der Waals surface area contributed by atoms with E-state index < -0.39 is 5.82 Å². The zero-order chi connectivity index (χ0) is 14.0. The van der Waals surface area contributed by atoms with Crippen LogP contribution in [0.4, 0.5) is 4.39 Å². The number of hydrogen-bond donors (Lipinski definition) is 1. The van der Waals surface area contributed by atoms with Crippen LogP contribution in [0.25, 0.3) is 0 Å². The number of nitrogens with one attached hydrogen (secondary N) is 1. The second kappa shape index (κ2) is 6.75. The summed E-state index contributed by atoms with van der Waals surface area (Å²) < 4.78 is 13.7. The van der Waals surface area contributed by atoms with Crippen LogP contribution in [0.5, 0.6) is 0 Å². The van der Waals surface area contributed by atoms with Gasteiger partial charge in [0.25, 0.3) is 5.91 Å². The van der Waals surface area contributed by atoms with Crippen LogP contribution in [0.15, 0.2) is 24.3 Å². The van der Waals surface area contributed by atoms with Crippen molar-refractivity contribution in [2.75, 3.05) is 26.2 Å². The number of hydrogen-bond acceptors (Lipinski definition) is 2. The minimum absolute atomic E-state index is 0. The fourth-order valence-corrected chi connectivity index (χ4v) is 3.45. The lowest BCUT2D eigenvalue weighted by atomic mass is 9.71. The van der Waals surface area contributed by atoms with Gasteiger partial charge >= 0.3 is 0 Å². The van der Waals surface area contributed by atoms with Gasteiger partial charge in [0, 0.05) is 13.1 Å². The van der Waals surface area contributed by atoms with E-state index in [4.69, 9.17) is 0 Å². The molecule has 1 amide bonds. The molecule has 1 aromatic carbocycles. The van der Waals surface area contributed by atoms with E-state index in [9.17, 15) is 9.18 Å². The Kier molecular flexibility index (Phi) is 5.22. The van der Waals surface area contributed by atoms with Crippen LogP contribution in [0, 0.1) is 11.2 Å². The number of carbonyl (C=O) groups is 1. The first-order chi connectivity index (χ1) is 9.70. The Morgan fingerprint density at radius 3 is 2.33 bits per heavy atom. The van der Waals surface area contributed by atoms with E-state index in [0.717, 1.165) is 39.0 Å². The Labute approximate surface area is 131 Å². The molecule has 2 aliphatic rings. The van der Waals surface area contributed by atoms with Crippen LogP contribution in [0.1, 0.15) is 36.0 Å². The molecule has 3 rings (SSSR count). The molecule has 0 saturated carbocycles. The van der Waals surface area contributed by atoms with Crippen molar-refractivity contribution in [2.24, 2.45) is 5.41 Å². The Morgan fingerprint density at radius 2 is 1.71 bits per heavy atom. The number of piperidine rings is 2. The zero-order valence-corrected chi connectivity index (χ0v) is 12.9. The average Bonchev–Trinajstić information content (AvgIpc) is 2.49. The van der Waals surface area contributed by atoms with Gasteiger partial charge < -0.3 is 10.2 Å². The predicted molar refractivity (Wildman–Crippen MR) is 83.3 cm³/mol. The number of carbonyl (C=O) groups excluding carboxylic acids is 1. The van der Waals surface area contributed by atoms with Gasteiger partial charge in [0.2, 0.25) is 0 Å². The largest absolute Gasteiger partial charge is 0.339 e. The van der Waals surface area contributed by atoms with Crippen molar-refractivity contribution in [3.05, 3.63) is 35.6 Å². The maximum Gasteiger partial charge on any atom is 0.256 e. The quantitative estimate of drug-likeness (QED) is 0.865. The van der Waals surface area contributed by atoms with Crippen molar-refractivity contribution in [2.45, 2.75) is 25.7 Å². The molecule has 0 bridgehead atoms. The van der Waals surface area contributed by atoms with Crippen molar-refractivity contribution in [3.63, 3.8) is 0 Å². The Bertz CT molecular complexity index is 493. The van der Waals surface area contributed by atoms with Crippen LogP contribution in [0.3, 0.4) is 0 Å². The highest BCUT2D eigenvalue weighted by atomic mass is 35.5. The highest BCUT2D eigenvalue weighted by Gasteiger charge is 2.37. The summed E-state index contributed by atoms with van der Waals surface area (Å²) in [5.41, 5.74) is 0.617. The van der Waals surface area contributed by atoms with Crippen molar-refractivity contribution in [3.8, 4) is 0 Å². The molecule has 1 spiro atoms. The molecule has 116 valence electrons. The molecule has 2 heterocycles.